The molecule has 0 amide bonds. The highest BCUT2D eigenvalue weighted by atomic mass is 32.2. The van der Waals surface area contributed by atoms with Gasteiger partial charge in [-0.25, -0.2) is 0 Å². The standard InChI is InChI=1S/C10H17N3O2S2/c1-6(7(14)15-5)16-9-13-12-8(17-9)11-10(2,3)4/h6H,1-5H3,(H,11,12)/t6-/m1/s1. The fraction of sp³-hybridized carbons (Fsp3) is 0.700. The van der Waals surface area contributed by atoms with Gasteiger partial charge in [-0.3, -0.25) is 4.79 Å². The molecule has 96 valence electrons. The van der Waals surface area contributed by atoms with Gasteiger partial charge in [0, 0.05) is 5.54 Å². The fourth-order valence-electron chi connectivity index (χ4n) is 0.994. The summed E-state index contributed by atoms with van der Waals surface area (Å²) in [4.78, 5) is 11.2. The van der Waals surface area contributed by atoms with Gasteiger partial charge in [0.2, 0.25) is 5.13 Å². The minimum absolute atomic E-state index is 0.0462. The molecule has 1 atom stereocenters. The summed E-state index contributed by atoms with van der Waals surface area (Å²) >= 11 is 2.79. The third-order valence-corrected chi connectivity index (χ3v) is 3.70. The van der Waals surface area contributed by atoms with Crippen LogP contribution in [-0.4, -0.2) is 34.1 Å². The molecule has 0 unspecified atom stereocenters. The smallest absolute Gasteiger partial charge is 0.318 e. The van der Waals surface area contributed by atoms with E-state index in [0.29, 0.717) is 0 Å². The van der Waals surface area contributed by atoms with Crippen molar-refractivity contribution in [3.05, 3.63) is 0 Å². The lowest BCUT2D eigenvalue weighted by Crippen LogP contribution is -2.25. The Kier molecular flexibility index (Phi) is 4.76. The second kappa shape index (κ2) is 5.68. The Hall–Kier alpha value is -0.820. The van der Waals surface area contributed by atoms with Crippen LogP contribution in [0.15, 0.2) is 4.34 Å². The predicted octanol–water partition coefficient (Wildman–Crippen LogP) is 2.40. The molecule has 0 radical (unpaired) electrons. The molecule has 1 heterocycles. The number of esters is 1. The van der Waals surface area contributed by atoms with Gasteiger partial charge in [-0.15, -0.1) is 10.2 Å². The molecule has 0 bridgehead atoms. The summed E-state index contributed by atoms with van der Waals surface area (Å²) < 4.78 is 5.41. The van der Waals surface area contributed by atoms with Crippen molar-refractivity contribution in [2.45, 2.75) is 42.8 Å². The molecule has 1 N–H and O–H groups in total. The Morgan fingerprint density at radius 3 is 2.65 bits per heavy atom. The number of carbonyl (C=O) groups is 1. The zero-order valence-electron chi connectivity index (χ0n) is 10.6. The van der Waals surface area contributed by atoms with Crippen molar-refractivity contribution in [1.82, 2.24) is 10.2 Å². The first-order valence-corrected chi connectivity index (χ1v) is 6.87. The average Bonchev–Trinajstić information content (AvgIpc) is 2.61. The van der Waals surface area contributed by atoms with E-state index in [4.69, 9.17) is 0 Å². The third kappa shape index (κ3) is 4.91. The first-order valence-electron chi connectivity index (χ1n) is 5.18. The van der Waals surface area contributed by atoms with Crippen LogP contribution in [0.2, 0.25) is 0 Å². The van der Waals surface area contributed by atoms with Crippen molar-refractivity contribution < 1.29 is 9.53 Å². The van der Waals surface area contributed by atoms with Gasteiger partial charge in [-0.05, 0) is 27.7 Å². The molecular weight excluding hydrogens is 258 g/mol. The van der Waals surface area contributed by atoms with Gasteiger partial charge in [0.25, 0.3) is 0 Å². The number of hydrogen-bond donors (Lipinski definition) is 1. The van der Waals surface area contributed by atoms with Crippen LogP contribution >= 0.6 is 23.1 Å². The maximum atomic E-state index is 11.2. The van der Waals surface area contributed by atoms with Crippen LogP contribution in [0.5, 0.6) is 0 Å². The lowest BCUT2D eigenvalue weighted by atomic mass is 10.1. The molecule has 7 heteroatoms. The van der Waals surface area contributed by atoms with Crippen molar-refractivity contribution in [3.8, 4) is 0 Å². The normalized spacial score (nSPS) is 13.2. The molecule has 0 spiro atoms. The Bertz CT molecular complexity index is 387. The van der Waals surface area contributed by atoms with E-state index in [-0.39, 0.29) is 16.8 Å². The van der Waals surface area contributed by atoms with Crippen molar-refractivity contribution >= 4 is 34.2 Å². The molecule has 1 aromatic rings. The SMILES string of the molecule is COC(=O)[C@@H](C)Sc1nnc(NC(C)(C)C)s1. The monoisotopic (exact) mass is 275 g/mol. The molecule has 5 nitrogen and oxygen atoms in total. The largest absolute Gasteiger partial charge is 0.468 e. The van der Waals surface area contributed by atoms with Crippen molar-refractivity contribution in [3.63, 3.8) is 0 Å². The quantitative estimate of drug-likeness (QED) is 0.672. The van der Waals surface area contributed by atoms with E-state index >= 15 is 0 Å². The van der Waals surface area contributed by atoms with E-state index in [2.05, 4.69) is 41.0 Å². The number of nitrogens with one attached hydrogen (secondary N) is 1. The van der Waals surface area contributed by atoms with Crippen molar-refractivity contribution in [2.75, 3.05) is 12.4 Å². The van der Waals surface area contributed by atoms with E-state index in [9.17, 15) is 4.79 Å². The van der Waals surface area contributed by atoms with Gasteiger partial charge in [-0.1, -0.05) is 23.1 Å². The Morgan fingerprint density at radius 1 is 1.47 bits per heavy atom. The van der Waals surface area contributed by atoms with Gasteiger partial charge in [-0.2, -0.15) is 0 Å². The molecule has 0 aliphatic heterocycles. The van der Waals surface area contributed by atoms with Crippen LogP contribution in [0.3, 0.4) is 0 Å². The minimum atomic E-state index is -0.268. The number of anilines is 1. The van der Waals surface area contributed by atoms with Gasteiger partial charge < -0.3 is 10.1 Å². The van der Waals surface area contributed by atoms with E-state index in [1.807, 2.05) is 0 Å². The Labute approximate surface area is 109 Å². The summed E-state index contributed by atoms with van der Waals surface area (Å²) in [6, 6.07) is 0. The summed E-state index contributed by atoms with van der Waals surface area (Å²) in [6.07, 6.45) is 0. The van der Waals surface area contributed by atoms with Gasteiger partial charge in [0.1, 0.15) is 5.25 Å². The van der Waals surface area contributed by atoms with Crippen molar-refractivity contribution in [1.29, 1.82) is 0 Å². The Morgan fingerprint density at radius 2 is 2.12 bits per heavy atom. The first kappa shape index (κ1) is 14.2. The number of ether oxygens (including phenoxy) is 1. The molecule has 0 fully saturated rings. The van der Waals surface area contributed by atoms with Crippen LogP contribution in [0.25, 0.3) is 0 Å². The molecule has 0 aromatic carbocycles. The number of hydrogen-bond acceptors (Lipinski definition) is 7. The molecule has 1 aromatic heterocycles. The average molecular weight is 275 g/mol. The number of aromatic nitrogens is 2. The maximum Gasteiger partial charge on any atom is 0.318 e. The first-order chi connectivity index (χ1) is 7.81. The molecule has 0 saturated heterocycles. The fourth-order valence-corrected chi connectivity index (χ4v) is 3.13. The van der Waals surface area contributed by atoms with Gasteiger partial charge in [0.05, 0.1) is 7.11 Å². The summed E-state index contributed by atoms with van der Waals surface area (Å²) in [5.74, 6) is -0.254. The second-order valence-corrected chi connectivity index (χ2v) is 7.10. The zero-order valence-corrected chi connectivity index (χ0v) is 12.2. The predicted molar refractivity (Wildman–Crippen MR) is 70.6 cm³/mol. The van der Waals surface area contributed by atoms with Gasteiger partial charge >= 0.3 is 5.97 Å². The highest BCUT2D eigenvalue weighted by molar-refractivity contribution is 8.02. The highest BCUT2D eigenvalue weighted by Gasteiger charge is 2.18. The van der Waals surface area contributed by atoms with Crippen LogP contribution < -0.4 is 5.32 Å². The summed E-state index contributed by atoms with van der Waals surface area (Å²) in [5, 5.41) is 11.8. The Balaban J connectivity index is 2.60. The third-order valence-electron chi connectivity index (χ3n) is 1.70. The topological polar surface area (TPSA) is 64.1 Å². The number of rotatable bonds is 4. The highest BCUT2D eigenvalue weighted by Crippen LogP contribution is 2.30. The molecule has 1 rings (SSSR count). The zero-order chi connectivity index (χ0) is 13.1. The molecule has 0 saturated carbocycles. The second-order valence-electron chi connectivity index (χ2n) is 4.53. The molecule has 0 aliphatic rings. The number of carbonyl (C=O) groups excluding carboxylic acids is 1. The van der Waals surface area contributed by atoms with E-state index in [0.717, 1.165) is 9.47 Å². The molecular formula is C10H17N3O2S2. The lowest BCUT2D eigenvalue weighted by Gasteiger charge is -2.18. The van der Waals surface area contributed by atoms with Crippen molar-refractivity contribution in [2.24, 2.45) is 0 Å². The number of methoxy groups -OCH3 is 1. The summed E-state index contributed by atoms with van der Waals surface area (Å²) in [5.41, 5.74) is -0.0462. The maximum absolute atomic E-state index is 11.2. The van der Waals surface area contributed by atoms with Crippen LogP contribution in [-0.2, 0) is 9.53 Å². The van der Waals surface area contributed by atoms with E-state index < -0.39 is 0 Å². The summed E-state index contributed by atoms with van der Waals surface area (Å²) in [6.45, 7) is 7.95. The van der Waals surface area contributed by atoms with Crippen LogP contribution in [0.4, 0.5) is 5.13 Å². The minimum Gasteiger partial charge on any atom is -0.468 e. The van der Waals surface area contributed by atoms with E-state index in [1.54, 1.807) is 6.92 Å². The number of thioether (sulfide) groups is 1. The number of nitrogens with zero attached hydrogens (tertiary/aromatic N) is 2. The molecule has 0 aliphatic carbocycles. The van der Waals surface area contributed by atoms with Gasteiger partial charge in [0.15, 0.2) is 4.34 Å². The summed E-state index contributed by atoms with van der Waals surface area (Å²) in [7, 11) is 1.38. The lowest BCUT2D eigenvalue weighted by molar-refractivity contribution is -0.139. The molecule has 17 heavy (non-hydrogen) atoms. The van der Waals surface area contributed by atoms with Crippen LogP contribution in [0, 0.1) is 0 Å². The van der Waals surface area contributed by atoms with E-state index in [1.165, 1.54) is 30.2 Å². The van der Waals surface area contributed by atoms with Crippen LogP contribution in [0.1, 0.15) is 27.7 Å².